The zero-order valence-electron chi connectivity index (χ0n) is 16.3. The predicted octanol–water partition coefficient (Wildman–Crippen LogP) is 4.02. The standard InChI is InChI=1S/C23H19F2N3O2/c1-30-23(29)17-10-12-21-27-20(14-28(21)13-17)16-8-5-15(6-9-16)7-11-18-3-2-4-19(26-18)22(24)25/h2-6,8-9,14,17,22H,10,12-13H2,1H3. The molecule has 3 heterocycles. The lowest BCUT2D eigenvalue weighted by Gasteiger charge is -2.21. The van der Waals surface area contributed by atoms with Crippen LogP contribution in [0.3, 0.4) is 0 Å². The number of halogens is 2. The van der Waals surface area contributed by atoms with Crippen LogP contribution in [0, 0.1) is 17.8 Å². The molecule has 1 aliphatic rings. The molecule has 1 atom stereocenters. The van der Waals surface area contributed by atoms with Crippen LogP contribution in [0.25, 0.3) is 11.3 Å². The van der Waals surface area contributed by atoms with Crippen molar-refractivity contribution in [3.05, 3.63) is 71.4 Å². The number of aromatic nitrogens is 3. The van der Waals surface area contributed by atoms with Crippen LogP contribution in [0.2, 0.25) is 0 Å². The highest BCUT2D eigenvalue weighted by Gasteiger charge is 2.26. The van der Waals surface area contributed by atoms with Gasteiger partial charge in [-0.25, -0.2) is 18.7 Å². The van der Waals surface area contributed by atoms with Crippen LogP contribution in [0.15, 0.2) is 48.7 Å². The second-order valence-corrected chi connectivity index (χ2v) is 7.03. The highest BCUT2D eigenvalue weighted by molar-refractivity contribution is 5.72. The van der Waals surface area contributed by atoms with E-state index in [2.05, 4.69) is 21.8 Å². The van der Waals surface area contributed by atoms with E-state index in [0.717, 1.165) is 35.5 Å². The van der Waals surface area contributed by atoms with Gasteiger partial charge in [0.15, 0.2) is 0 Å². The van der Waals surface area contributed by atoms with Gasteiger partial charge in [-0.05, 0) is 36.6 Å². The van der Waals surface area contributed by atoms with Crippen LogP contribution in [-0.2, 0) is 22.5 Å². The van der Waals surface area contributed by atoms with E-state index in [1.165, 1.54) is 19.2 Å². The lowest BCUT2D eigenvalue weighted by Crippen LogP contribution is -2.27. The Hall–Kier alpha value is -3.53. The summed E-state index contributed by atoms with van der Waals surface area (Å²) in [4.78, 5) is 20.3. The number of pyridine rings is 1. The summed E-state index contributed by atoms with van der Waals surface area (Å²) in [5.74, 6) is 6.39. The SMILES string of the molecule is COC(=O)C1CCc2nc(-c3ccc(C#Cc4cccc(C(F)F)n4)cc3)cn2C1. The van der Waals surface area contributed by atoms with Gasteiger partial charge in [-0.1, -0.05) is 24.1 Å². The Balaban J connectivity index is 1.50. The highest BCUT2D eigenvalue weighted by Crippen LogP contribution is 2.26. The van der Waals surface area contributed by atoms with Gasteiger partial charge in [-0.2, -0.15) is 0 Å². The first-order valence-electron chi connectivity index (χ1n) is 9.55. The number of carbonyl (C=O) groups is 1. The summed E-state index contributed by atoms with van der Waals surface area (Å²) in [6.07, 6.45) is 0.798. The molecule has 0 radical (unpaired) electrons. The summed E-state index contributed by atoms with van der Waals surface area (Å²) in [5.41, 5.74) is 2.54. The quantitative estimate of drug-likeness (QED) is 0.486. The minimum Gasteiger partial charge on any atom is -0.469 e. The highest BCUT2D eigenvalue weighted by atomic mass is 19.3. The number of fused-ring (bicyclic) bond motifs is 1. The molecule has 30 heavy (non-hydrogen) atoms. The number of esters is 1. The van der Waals surface area contributed by atoms with Crippen molar-refractivity contribution in [3.8, 4) is 23.1 Å². The summed E-state index contributed by atoms with van der Waals surface area (Å²) in [6, 6.07) is 11.9. The number of imidazole rings is 1. The van der Waals surface area contributed by atoms with Crippen LogP contribution in [0.4, 0.5) is 8.78 Å². The molecule has 1 aromatic carbocycles. The number of rotatable bonds is 3. The molecule has 0 amide bonds. The molecule has 1 aliphatic heterocycles. The lowest BCUT2D eigenvalue weighted by atomic mass is 10.00. The Morgan fingerprint density at radius 2 is 1.97 bits per heavy atom. The molecule has 152 valence electrons. The second-order valence-electron chi connectivity index (χ2n) is 7.03. The van der Waals surface area contributed by atoms with Gasteiger partial charge in [-0.3, -0.25) is 4.79 Å². The van der Waals surface area contributed by atoms with Crippen molar-refractivity contribution in [2.24, 2.45) is 5.92 Å². The van der Waals surface area contributed by atoms with Crippen molar-refractivity contribution in [2.45, 2.75) is 25.8 Å². The molecule has 0 saturated carbocycles. The molecule has 7 heteroatoms. The van der Waals surface area contributed by atoms with Crippen molar-refractivity contribution in [2.75, 3.05) is 7.11 Å². The first-order chi connectivity index (χ1) is 14.5. The van der Waals surface area contributed by atoms with E-state index in [4.69, 9.17) is 4.74 Å². The maximum atomic E-state index is 12.7. The smallest absolute Gasteiger partial charge is 0.310 e. The minimum atomic E-state index is -2.62. The Kier molecular flexibility index (Phi) is 5.57. The number of benzene rings is 1. The fourth-order valence-corrected chi connectivity index (χ4v) is 3.45. The van der Waals surface area contributed by atoms with Gasteiger partial charge in [0.05, 0.1) is 18.7 Å². The van der Waals surface area contributed by atoms with Crippen LogP contribution in [0.5, 0.6) is 0 Å². The van der Waals surface area contributed by atoms with E-state index in [1.54, 1.807) is 6.07 Å². The summed E-state index contributed by atoms with van der Waals surface area (Å²) in [6.45, 7) is 0.573. The summed E-state index contributed by atoms with van der Waals surface area (Å²) in [5, 5.41) is 0. The number of nitrogens with zero attached hydrogens (tertiary/aromatic N) is 3. The van der Waals surface area contributed by atoms with Gasteiger partial charge in [0.25, 0.3) is 6.43 Å². The third-order valence-electron chi connectivity index (χ3n) is 5.04. The van der Waals surface area contributed by atoms with Crippen molar-refractivity contribution >= 4 is 5.97 Å². The van der Waals surface area contributed by atoms with E-state index >= 15 is 0 Å². The van der Waals surface area contributed by atoms with Gasteiger partial charge in [0, 0.05) is 30.3 Å². The molecule has 0 aliphatic carbocycles. The topological polar surface area (TPSA) is 57.0 Å². The molecule has 0 fully saturated rings. The normalized spacial score (nSPS) is 15.3. The molecule has 4 rings (SSSR count). The number of aryl methyl sites for hydroxylation is 1. The summed E-state index contributed by atoms with van der Waals surface area (Å²) >= 11 is 0. The van der Waals surface area contributed by atoms with E-state index in [1.807, 2.05) is 35.0 Å². The Labute approximate surface area is 172 Å². The number of methoxy groups -OCH3 is 1. The molecule has 5 nitrogen and oxygen atoms in total. The molecule has 0 saturated heterocycles. The number of hydrogen-bond acceptors (Lipinski definition) is 4. The van der Waals surface area contributed by atoms with Gasteiger partial charge in [0.2, 0.25) is 0 Å². The third kappa shape index (κ3) is 4.23. The molecule has 0 bridgehead atoms. The third-order valence-corrected chi connectivity index (χ3v) is 5.04. The minimum absolute atomic E-state index is 0.139. The van der Waals surface area contributed by atoms with Gasteiger partial charge in [0.1, 0.15) is 17.2 Å². The predicted molar refractivity (Wildman–Crippen MR) is 107 cm³/mol. The Morgan fingerprint density at radius 1 is 1.17 bits per heavy atom. The van der Waals surface area contributed by atoms with Crippen molar-refractivity contribution < 1.29 is 18.3 Å². The van der Waals surface area contributed by atoms with Crippen LogP contribution >= 0.6 is 0 Å². The van der Waals surface area contributed by atoms with Crippen LogP contribution in [-0.4, -0.2) is 27.6 Å². The Bertz CT molecular complexity index is 1130. The number of hydrogen-bond donors (Lipinski definition) is 0. The number of ether oxygens (including phenoxy) is 1. The molecule has 0 spiro atoms. The zero-order valence-corrected chi connectivity index (χ0v) is 16.3. The largest absolute Gasteiger partial charge is 0.469 e. The van der Waals surface area contributed by atoms with E-state index < -0.39 is 6.43 Å². The van der Waals surface area contributed by atoms with E-state index in [0.29, 0.717) is 12.2 Å². The summed E-state index contributed by atoms with van der Waals surface area (Å²) < 4.78 is 32.3. The molecular weight excluding hydrogens is 388 g/mol. The van der Waals surface area contributed by atoms with Gasteiger partial charge in [-0.15, -0.1) is 0 Å². The van der Waals surface area contributed by atoms with Crippen LogP contribution in [0.1, 0.15) is 35.6 Å². The van der Waals surface area contributed by atoms with Crippen LogP contribution < -0.4 is 0 Å². The molecule has 3 aromatic rings. The second kappa shape index (κ2) is 8.46. The fourth-order valence-electron chi connectivity index (χ4n) is 3.45. The maximum Gasteiger partial charge on any atom is 0.310 e. The molecule has 0 N–H and O–H groups in total. The summed E-state index contributed by atoms with van der Waals surface area (Å²) in [7, 11) is 1.41. The first-order valence-corrected chi connectivity index (χ1v) is 9.55. The fraction of sp³-hybridized carbons (Fsp3) is 0.261. The first kappa shape index (κ1) is 19.8. The molecule has 1 unspecified atom stereocenters. The zero-order chi connectivity index (χ0) is 21.1. The maximum absolute atomic E-state index is 12.7. The van der Waals surface area contributed by atoms with Crippen molar-refractivity contribution in [1.29, 1.82) is 0 Å². The lowest BCUT2D eigenvalue weighted by molar-refractivity contribution is -0.146. The van der Waals surface area contributed by atoms with Crippen molar-refractivity contribution in [1.82, 2.24) is 14.5 Å². The van der Waals surface area contributed by atoms with Gasteiger partial charge < -0.3 is 9.30 Å². The molecule has 2 aromatic heterocycles. The average Bonchev–Trinajstić information content (AvgIpc) is 3.21. The van der Waals surface area contributed by atoms with Crippen molar-refractivity contribution in [3.63, 3.8) is 0 Å². The number of alkyl halides is 2. The Morgan fingerprint density at radius 3 is 2.70 bits per heavy atom. The monoisotopic (exact) mass is 407 g/mol. The number of carbonyl (C=O) groups excluding carboxylic acids is 1. The van der Waals surface area contributed by atoms with Gasteiger partial charge >= 0.3 is 5.97 Å². The molecular formula is C23H19F2N3O2. The van der Waals surface area contributed by atoms with E-state index in [-0.39, 0.29) is 17.6 Å². The average molecular weight is 407 g/mol. The van der Waals surface area contributed by atoms with E-state index in [9.17, 15) is 13.6 Å².